The van der Waals surface area contributed by atoms with E-state index in [9.17, 15) is 5.11 Å². The minimum Gasteiger partial charge on any atom is -0.236 e. The molecule has 1 radical (unpaired) electrons. The van der Waals surface area contributed by atoms with Crippen molar-refractivity contribution in [3.8, 4) is 0 Å². The van der Waals surface area contributed by atoms with Gasteiger partial charge in [0.1, 0.15) is 0 Å². The maximum absolute atomic E-state index is 10.9. The number of allylic oxidation sites excluding steroid dienone is 2. The van der Waals surface area contributed by atoms with Crippen LogP contribution in [0.5, 0.6) is 0 Å². The summed E-state index contributed by atoms with van der Waals surface area (Å²) >= 11 is 0. The first-order chi connectivity index (χ1) is 5.92. The summed E-state index contributed by atoms with van der Waals surface area (Å²) in [6.45, 7) is 0.162. The Hall–Kier alpha value is -0.300. The van der Waals surface area contributed by atoms with E-state index in [1.165, 1.54) is 32.1 Å². The second-order valence-electron chi connectivity index (χ2n) is 4.22. The lowest BCUT2D eigenvalue weighted by Gasteiger charge is -2.38. The highest BCUT2D eigenvalue weighted by molar-refractivity contribution is 4.98. The normalized spacial score (nSPS) is 40.9. The smallest absolute Gasteiger partial charge is 0.0853 e. The monoisotopic (exact) mass is 165 g/mol. The van der Waals surface area contributed by atoms with Crippen molar-refractivity contribution in [2.75, 3.05) is 6.61 Å². The molecule has 2 aliphatic carbocycles. The highest BCUT2D eigenvalue weighted by atomic mass is 16.3. The molecule has 1 heteroatoms. The van der Waals surface area contributed by atoms with Crippen LogP contribution in [0.4, 0.5) is 0 Å². The maximum Gasteiger partial charge on any atom is 0.0853 e. The average molecular weight is 165 g/mol. The number of hydrogen-bond donors (Lipinski definition) is 0. The Bertz CT molecular complexity index is 174. The van der Waals surface area contributed by atoms with E-state index < -0.39 is 0 Å². The van der Waals surface area contributed by atoms with Crippen LogP contribution < -0.4 is 0 Å². The SMILES string of the molecule is [O]CC1CCCC2CC=CCC12. The van der Waals surface area contributed by atoms with Crippen LogP contribution in [0.25, 0.3) is 0 Å². The molecule has 0 aromatic heterocycles. The van der Waals surface area contributed by atoms with Gasteiger partial charge in [-0.25, -0.2) is 5.11 Å². The molecule has 0 amide bonds. The molecule has 0 bridgehead atoms. The summed E-state index contributed by atoms with van der Waals surface area (Å²) < 4.78 is 0. The van der Waals surface area contributed by atoms with Crippen molar-refractivity contribution >= 4 is 0 Å². The predicted octanol–water partition coefficient (Wildman–Crippen LogP) is 2.80. The summed E-state index contributed by atoms with van der Waals surface area (Å²) in [5.41, 5.74) is 0. The molecular formula is C11H17O. The summed E-state index contributed by atoms with van der Waals surface area (Å²) in [6.07, 6.45) is 10.8. The summed E-state index contributed by atoms with van der Waals surface area (Å²) in [7, 11) is 0. The van der Waals surface area contributed by atoms with E-state index in [2.05, 4.69) is 12.2 Å². The van der Waals surface area contributed by atoms with Crippen LogP contribution >= 0.6 is 0 Å². The highest BCUT2D eigenvalue weighted by Gasteiger charge is 2.32. The molecule has 1 fully saturated rings. The predicted molar refractivity (Wildman–Crippen MR) is 48.2 cm³/mol. The van der Waals surface area contributed by atoms with Crippen molar-refractivity contribution < 1.29 is 5.11 Å². The van der Waals surface area contributed by atoms with Crippen molar-refractivity contribution in [1.29, 1.82) is 0 Å². The standard InChI is InChI=1S/C11H17O/c12-8-10-6-3-5-9-4-1-2-7-11(9)10/h1-2,9-11H,3-8H2. The Morgan fingerprint density at radius 1 is 1.17 bits per heavy atom. The largest absolute Gasteiger partial charge is 0.236 e. The molecule has 0 aromatic rings. The molecule has 3 atom stereocenters. The van der Waals surface area contributed by atoms with Gasteiger partial charge in [0.25, 0.3) is 0 Å². The van der Waals surface area contributed by atoms with Crippen LogP contribution in [0.3, 0.4) is 0 Å². The second kappa shape index (κ2) is 3.61. The van der Waals surface area contributed by atoms with Crippen molar-refractivity contribution in [3.63, 3.8) is 0 Å². The zero-order valence-corrected chi connectivity index (χ0v) is 7.54. The van der Waals surface area contributed by atoms with Crippen LogP contribution in [-0.2, 0) is 5.11 Å². The average Bonchev–Trinajstić information content (AvgIpc) is 2.17. The first kappa shape index (κ1) is 8.31. The summed E-state index contributed by atoms with van der Waals surface area (Å²) in [4.78, 5) is 0. The number of fused-ring (bicyclic) bond motifs is 1. The molecule has 1 saturated carbocycles. The van der Waals surface area contributed by atoms with Gasteiger partial charge in [0.05, 0.1) is 6.61 Å². The second-order valence-corrected chi connectivity index (χ2v) is 4.22. The third-order valence-electron chi connectivity index (χ3n) is 3.59. The molecule has 1 nitrogen and oxygen atoms in total. The van der Waals surface area contributed by atoms with E-state index in [1.807, 2.05) is 0 Å². The van der Waals surface area contributed by atoms with E-state index in [1.54, 1.807) is 0 Å². The molecule has 2 rings (SSSR count). The Kier molecular flexibility index (Phi) is 2.50. The van der Waals surface area contributed by atoms with E-state index in [0.29, 0.717) is 5.92 Å². The minimum absolute atomic E-state index is 0.162. The third kappa shape index (κ3) is 1.42. The van der Waals surface area contributed by atoms with Gasteiger partial charge in [-0.05, 0) is 43.4 Å². The lowest BCUT2D eigenvalue weighted by Crippen LogP contribution is -2.31. The minimum atomic E-state index is 0.162. The molecular weight excluding hydrogens is 148 g/mol. The van der Waals surface area contributed by atoms with Gasteiger partial charge in [-0.15, -0.1) is 0 Å². The zero-order chi connectivity index (χ0) is 8.39. The van der Waals surface area contributed by atoms with Crippen LogP contribution in [0.1, 0.15) is 32.1 Å². The van der Waals surface area contributed by atoms with Crippen molar-refractivity contribution in [2.24, 2.45) is 17.8 Å². The molecule has 3 unspecified atom stereocenters. The first-order valence-corrected chi connectivity index (χ1v) is 5.15. The van der Waals surface area contributed by atoms with Crippen molar-refractivity contribution in [2.45, 2.75) is 32.1 Å². The lowest BCUT2D eigenvalue weighted by molar-refractivity contribution is 0.0534. The molecule has 0 spiro atoms. The van der Waals surface area contributed by atoms with Crippen molar-refractivity contribution in [1.82, 2.24) is 0 Å². The van der Waals surface area contributed by atoms with Gasteiger partial charge in [-0.3, -0.25) is 0 Å². The van der Waals surface area contributed by atoms with Crippen LogP contribution in [-0.4, -0.2) is 6.61 Å². The Morgan fingerprint density at radius 3 is 2.83 bits per heavy atom. The number of hydrogen-bond acceptors (Lipinski definition) is 0. The number of rotatable bonds is 1. The Morgan fingerprint density at radius 2 is 2.00 bits per heavy atom. The fraction of sp³-hybridized carbons (Fsp3) is 0.818. The Balaban J connectivity index is 2.05. The molecule has 0 saturated heterocycles. The molecule has 0 N–H and O–H groups in total. The summed E-state index contributed by atoms with van der Waals surface area (Å²) in [5, 5.41) is 10.9. The fourth-order valence-electron chi connectivity index (χ4n) is 2.86. The zero-order valence-electron chi connectivity index (χ0n) is 7.54. The molecule has 0 aromatic carbocycles. The van der Waals surface area contributed by atoms with E-state index in [-0.39, 0.29) is 6.61 Å². The van der Waals surface area contributed by atoms with Gasteiger partial charge in [-0.1, -0.05) is 18.6 Å². The maximum atomic E-state index is 10.9. The van der Waals surface area contributed by atoms with Gasteiger partial charge < -0.3 is 0 Å². The molecule has 12 heavy (non-hydrogen) atoms. The fourth-order valence-corrected chi connectivity index (χ4v) is 2.86. The quantitative estimate of drug-likeness (QED) is 0.532. The Labute approximate surface area is 74.5 Å². The van der Waals surface area contributed by atoms with Gasteiger partial charge in [0.15, 0.2) is 0 Å². The topological polar surface area (TPSA) is 19.9 Å². The van der Waals surface area contributed by atoms with E-state index >= 15 is 0 Å². The third-order valence-corrected chi connectivity index (χ3v) is 3.59. The molecule has 2 aliphatic rings. The van der Waals surface area contributed by atoms with E-state index in [4.69, 9.17) is 0 Å². The van der Waals surface area contributed by atoms with Crippen LogP contribution in [0, 0.1) is 17.8 Å². The van der Waals surface area contributed by atoms with Crippen LogP contribution in [0.2, 0.25) is 0 Å². The van der Waals surface area contributed by atoms with Crippen molar-refractivity contribution in [3.05, 3.63) is 12.2 Å². The molecule has 0 aliphatic heterocycles. The van der Waals surface area contributed by atoms with E-state index in [0.717, 1.165) is 11.8 Å². The highest BCUT2D eigenvalue weighted by Crippen LogP contribution is 2.41. The summed E-state index contributed by atoms with van der Waals surface area (Å²) in [6, 6.07) is 0. The molecule has 0 heterocycles. The van der Waals surface area contributed by atoms with Gasteiger partial charge in [-0.2, -0.15) is 0 Å². The molecule has 67 valence electrons. The summed E-state index contributed by atoms with van der Waals surface area (Å²) in [5.74, 6) is 2.08. The van der Waals surface area contributed by atoms with Gasteiger partial charge in [0, 0.05) is 0 Å². The van der Waals surface area contributed by atoms with Gasteiger partial charge in [0.2, 0.25) is 0 Å². The van der Waals surface area contributed by atoms with Crippen LogP contribution in [0.15, 0.2) is 12.2 Å². The van der Waals surface area contributed by atoms with Gasteiger partial charge >= 0.3 is 0 Å². The lowest BCUT2D eigenvalue weighted by atomic mass is 9.68. The first-order valence-electron chi connectivity index (χ1n) is 5.15.